The fraction of sp³-hybridized carbons (Fsp3) is 0.400. The van der Waals surface area contributed by atoms with Gasteiger partial charge in [-0.15, -0.1) is 0 Å². The lowest BCUT2D eigenvalue weighted by Crippen LogP contribution is -2.21. The highest BCUT2D eigenvalue weighted by Gasteiger charge is 2.31. The summed E-state index contributed by atoms with van der Waals surface area (Å²) >= 11 is 0. The molecule has 1 aromatic heterocycles. The van der Waals surface area contributed by atoms with Crippen LogP contribution in [0.5, 0.6) is 0 Å². The molecule has 1 unspecified atom stereocenters. The Hall–Kier alpha value is -2.21. The predicted octanol–water partition coefficient (Wildman–Crippen LogP) is 3.17. The number of hydrogen-bond donors (Lipinski definition) is 1. The number of ether oxygens (including phenoxy) is 1. The van der Waals surface area contributed by atoms with Crippen molar-refractivity contribution in [3.05, 3.63) is 35.7 Å². The Labute approximate surface area is 122 Å². The molecule has 1 heterocycles. The van der Waals surface area contributed by atoms with E-state index in [1.165, 1.54) is 6.07 Å². The molecule has 0 saturated carbocycles. The molecule has 0 aliphatic rings. The smallest absolute Gasteiger partial charge is 0.336 e. The number of nitrogens with zero attached hydrogens (tertiary/aromatic N) is 2. The highest BCUT2D eigenvalue weighted by Crippen LogP contribution is 2.35. The molecular formula is C15H18N2O4. The van der Waals surface area contributed by atoms with E-state index in [9.17, 15) is 9.90 Å². The molecule has 0 spiro atoms. The van der Waals surface area contributed by atoms with Gasteiger partial charge in [0.25, 0.3) is 5.89 Å². The van der Waals surface area contributed by atoms with Gasteiger partial charge < -0.3 is 14.4 Å². The highest BCUT2D eigenvalue weighted by molar-refractivity contribution is 5.94. The van der Waals surface area contributed by atoms with Gasteiger partial charge in [-0.05, 0) is 17.5 Å². The second-order valence-electron chi connectivity index (χ2n) is 5.79. The summed E-state index contributed by atoms with van der Waals surface area (Å²) in [5.41, 5.74) is 0.312. The number of aromatic carboxylic acids is 1. The van der Waals surface area contributed by atoms with Crippen LogP contribution < -0.4 is 0 Å². The second kappa shape index (κ2) is 5.65. The van der Waals surface area contributed by atoms with E-state index in [1.54, 1.807) is 25.3 Å². The number of hydrogen-bond acceptors (Lipinski definition) is 5. The number of rotatable bonds is 4. The zero-order valence-electron chi connectivity index (χ0n) is 12.5. The van der Waals surface area contributed by atoms with Crippen molar-refractivity contribution in [3.63, 3.8) is 0 Å². The Morgan fingerprint density at radius 3 is 2.57 bits per heavy atom. The van der Waals surface area contributed by atoms with Crippen LogP contribution in [-0.4, -0.2) is 28.3 Å². The van der Waals surface area contributed by atoms with Crippen LogP contribution in [0.1, 0.15) is 43.1 Å². The lowest BCUT2D eigenvalue weighted by Gasteiger charge is -2.26. The molecule has 6 nitrogen and oxygen atoms in total. The molecule has 0 radical (unpaired) electrons. The zero-order chi connectivity index (χ0) is 15.6. The normalized spacial score (nSPS) is 13.1. The molecule has 6 heteroatoms. The monoisotopic (exact) mass is 290 g/mol. The van der Waals surface area contributed by atoms with E-state index in [1.807, 2.05) is 20.8 Å². The number of benzene rings is 1. The summed E-state index contributed by atoms with van der Waals surface area (Å²) in [4.78, 5) is 15.5. The molecule has 0 bridgehead atoms. The Bertz CT molecular complexity index is 643. The third-order valence-electron chi connectivity index (χ3n) is 3.09. The fourth-order valence-corrected chi connectivity index (χ4v) is 2.15. The number of methoxy groups -OCH3 is 1. The Morgan fingerprint density at radius 1 is 1.33 bits per heavy atom. The van der Waals surface area contributed by atoms with Gasteiger partial charge in [0.15, 0.2) is 0 Å². The van der Waals surface area contributed by atoms with Gasteiger partial charge in [0, 0.05) is 7.11 Å². The summed E-state index contributed by atoms with van der Waals surface area (Å²) in [6.45, 7) is 6.01. The lowest BCUT2D eigenvalue weighted by molar-refractivity contribution is 0.00718. The maximum absolute atomic E-state index is 11.2. The molecule has 0 amide bonds. The SMILES string of the molecule is COC(c1noc(-c2ccccc2C(=O)O)n1)C(C)(C)C. The van der Waals surface area contributed by atoms with Gasteiger partial charge >= 0.3 is 5.97 Å². The molecule has 21 heavy (non-hydrogen) atoms. The first-order valence-electron chi connectivity index (χ1n) is 6.53. The average Bonchev–Trinajstić information content (AvgIpc) is 2.87. The van der Waals surface area contributed by atoms with Crippen molar-refractivity contribution in [2.75, 3.05) is 7.11 Å². The summed E-state index contributed by atoms with van der Waals surface area (Å²) in [5, 5.41) is 13.1. The van der Waals surface area contributed by atoms with Crippen molar-refractivity contribution in [1.29, 1.82) is 0 Å². The van der Waals surface area contributed by atoms with E-state index in [4.69, 9.17) is 9.26 Å². The molecule has 0 fully saturated rings. The largest absolute Gasteiger partial charge is 0.478 e. The zero-order valence-corrected chi connectivity index (χ0v) is 12.5. The quantitative estimate of drug-likeness (QED) is 0.930. The van der Waals surface area contributed by atoms with Crippen molar-refractivity contribution >= 4 is 5.97 Å². The molecule has 1 atom stereocenters. The third kappa shape index (κ3) is 3.11. The second-order valence-corrected chi connectivity index (χ2v) is 5.79. The molecule has 112 valence electrons. The van der Waals surface area contributed by atoms with Crippen LogP contribution in [0.4, 0.5) is 0 Å². The number of carboxylic acids is 1. The van der Waals surface area contributed by atoms with Crippen LogP contribution in [0, 0.1) is 5.41 Å². The fourth-order valence-electron chi connectivity index (χ4n) is 2.15. The average molecular weight is 290 g/mol. The minimum Gasteiger partial charge on any atom is -0.478 e. The van der Waals surface area contributed by atoms with E-state index >= 15 is 0 Å². The number of aromatic nitrogens is 2. The molecular weight excluding hydrogens is 272 g/mol. The van der Waals surface area contributed by atoms with E-state index in [0.717, 1.165) is 0 Å². The van der Waals surface area contributed by atoms with Crippen LogP contribution in [-0.2, 0) is 4.74 Å². The standard InChI is InChI=1S/C15H18N2O4/c1-15(2,3)11(20-4)12-16-13(21-17-12)9-7-5-6-8-10(9)14(18)19/h5-8,11H,1-4H3,(H,18,19). The predicted molar refractivity (Wildman–Crippen MR) is 75.9 cm³/mol. The summed E-state index contributed by atoms with van der Waals surface area (Å²) < 4.78 is 10.6. The summed E-state index contributed by atoms with van der Waals surface area (Å²) in [5.74, 6) is -0.459. The van der Waals surface area contributed by atoms with Gasteiger partial charge in [-0.2, -0.15) is 4.98 Å². The van der Waals surface area contributed by atoms with Crippen molar-refractivity contribution in [1.82, 2.24) is 10.1 Å². The third-order valence-corrected chi connectivity index (χ3v) is 3.09. The minimum atomic E-state index is -1.04. The Morgan fingerprint density at radius 2 is 2.00 bits per heavy atom. The van der Waals surface area contributed by atoms with Gasteiger partial charge in [0.2, 0.25) is 5.82 Å². The maximum atomic E-state index is 11.2. The molecule has 2 rings (SSSR count). The van der Waals surface area contributed by atoms with Gasteiger partial charge in [-0.1, -0.05) is 38.1 Å². The molecule has 1 N–H and O–H groups in total. The molecule has 1 aromatic carbocycles. The summed E-state index contributed by atoms with van der Waals surface area (Å²) in [7, 11) is 1.58. The summed E-state index contributed by atoms with van der Waals surface area (Å²) in [6, 6.07) is 6.51. The molecule has 0 aliphatic heterocycles. The maximum Gasteiger partial charge on any atom is 0.336 e. The van der Waals surface area contributed by atoms with Crippen LogP contribution in [0.2, 0.25) is 0 Å². The number of carboxylic acid groups (broad SMARTS) is 1. The Kier molecular flexibility index (Phi) is 4.09. The van der Waals surface area contributed by atoms with Crippen LogP contribution in [0.25, 0.3) is 11.5 Å². The van der Waals surface area contributed by atoms with E-state index in [-0.39, 0.29) is 23.0 Å². The summed E-state index contributed by atoms with van der Waals surface area (Å²) in [6.07, 6.45) is -0.341. The van der Waals surface area contributed by atoms with Gasteiger partial charge in [-0.3, -0.25) is 0 Å². The van der Waals surface area contributed by atoms with Crippen LogP contribution in [0.3, 0.4) is 0 Å². The van der Waals surface area contributed by atoms with E-state index in [2.05, 4.69) is 10.1 Å². The molecule has 2 aromatic rings. The van der Waals surface area contributed by atoms with Crippen molar-refractivity contribution < 1.29 is 19.2 Å². The lowest BCUT2D eigenvalue weighted by atomic mass is 9.88. The van der Waals surface area contributed by atoms with E-state index < -0.39 is 5.97 Å². The van der Waals surface area contributed by atoms with Crippen molar-refractivity contribution in [2.24, 2.45) is 5.41 Å². The van der Waals surface area contributed by atoms with Crippen LogP contribution >= 0.6 is 0 Å². The molecule has 0 aliphatic carbocycles. The van der Waals surface area contributed by atoms with Crippen LogP contribution in [0.15, 0.2) is 28.8 Å². The van der Waals surface area contributed by atoms with Gasteiger partial charge in [0.05, 0.1) is 11.1 Å². The minimum absolute atomic E-state index is 0.123. The first-order chi connectivity index (χ1) is 9.84. The topological polar surface area (TPSA) is 85.5 Å². The van der Waals surface area contributed by atoms with Crippen molar-refractivity contribution in [3.8, 4) is 11.5 Å². The first-order valence-corrected chi connectivity index (χ1v) is 6.53. The van der Waals surface area contributed by atoms with E-state index in [0.29, 0.717) is 11.4 Å². The molecule has 0 saturated heterocycles. The van der Waals surface area contributed by atoms with Gasteiger partial charge in [0.1, 0.15) is 6.10 Å². The highest BCUT2D eigenvalue weighted by atomic mass is 16.5. The Balaban J connectivity index is 2.43. The van der Waals surface area contributed by atoms with Crippen molar-refractivity contribution in [2.45, 2.75) is 26.9 Å². The number of carbonyl (C=O) groups is 1. The van der Waals surface area contributed by atoms with Gasteiger partial charge in [-0.25, -0.2) is 4.79 Å². The first kappa shape index (κ1) is 15.2.